The van der Waals surface area contributed by atoms with Gasteiger partial charge in [0.15, 0.2) is 0 Å². The van der Waals surface area contributed by atoms with Crippen LogP contribution in [0.15, 0.2) is 60.7 Å². The monoisotopic (exact) mass is 467 g/mol. The zero-order chi connectivity index (χ0) is 22.1. The van der Waals surface area contributed by atoms with Crippen LogP contribution in [0.4, 0.5) is 11.4 Å². The molecule has 2 aromatic heterocycles. The second-order valence-corrected chi connectivity index (χ2v) is 8.02. The first-order valence-corrected chi connectivity index (χ1v) is 10.2. The van der Waals surface area contributed by atoms with Crippen LogP contribution in [0, 0.1) is 24.0 Å². The van der Waals surface area contributed by atoms with E-state index in [1.807, 2.05) is 26.0 Å². The number of carbonyl (C=O) groups excluding carboxylic acids is 2. The van der Waals surface area contributed by atoms with Crippen molar-refractivity contribution in [3.8, 4) is 0 Å². The average molecular weight is 468 g/mol. The van der Waals surface area contributed by atoms with Crippen molar-refractivity contribution < 1.29 is 14.5 Å². The Morgan fingerprint density at radius 3 is 2.28 bits per heavy atom. The molecule has 0 fully saturated rings. The molecule has 1 amide bonds. The molecule has 0 unspecified atom stereocenters. The molecular weight excluding hydrogens is 450 g/mol. The Hall–Kier alpha value is -3.62. The van der Waals surface area contributed by atoms with E-state index in [0.29, 0.717) is 26.3 Å². The Balaban J connectivity index is 0.00000289. The summed E-state index contributed by atoms with van der Waals surface area (Å²) < 4.78 is 0. The van der Waals surface area contributed by atoms with Crippen molar-refractivity contribution in [1.82, 2.24) is 4.98 Å². The molecule has 0 aliphatic heterocycles. The number of halogens is 1. The molecule has 4 aromatic rings. The summed E-state index contributed by atoms with van der Waals surface area (Å²) in [6.45, 7) is 3.78. The maximum absolute atomic E-state index is 13.2. The zero-order valence-corrected chi connectivity index (χ0v) is 18.8. The summed E-state index contributed by atoms with van der Waals surface area (Å²) in [5.41, 5.74) is 2.77. The fourth-order valence-electron chi connectivity index (χ4n) is 3.36. The van der Waals surface area contributed by atoms with Crippen LogP contribution in [0.3, 0.4) is 0 Å². The quantitative estimate of drug-likeness (QED) is 0.229. The number of fused-ring (bicyclic) bond motifs is 1. The number of rotatable bonds is 5. The molecule has 0 bridgehead atoms. The van der Waals surface area contributed by atoms with Crippen LogP contribution in [-0.2, 0) is 0 Å². The maximum Gasteiger partial charge on any atom is 0.269 e. The topological polar surface area (TPSA) is 102 Å². The summed E-state index contributed by atoms with van der Waals surface area (Å²) in [6.07, 6.45) is 0. The van der Waals surface area contributed by atoms with E-state index < -0.39 is 10.8 Å². The Kier molecular flexibility index (Phi) is 6.67. The summed E-state index contributed by atoms with van der Waals surface area (Å²) in [7, 11) is 0. The largest absolute Gasteiger partial charge is 0.320 e. The van der Waals surface area contributed by atoms with Crippen molar-refractivity contribution in [3.05, 3.63) is 98.0 Å². The van der Waals surface area contributed by atoms with E-state index in [4.69, 9.17) is 0 Å². The highest BCUT2D eigenvalue weighted by atomic mass is 35.5. The first-order chi connectivity index (χ1) is 14.8. The fourth-order valence-corrected chi connectivity index (χ4v) is 4.58. The first kappa shape index (κ1) is 23.1. The molecule has 0 saturated carbocycles. The lowest BCUT2D eigenvalue weighted by molar-refractivity contribution is -0.384. The van der Waals surface area contributed by atoms with Crippen LogP contribution in [-0.4, -0.2) is 21.6 Å². The van der Waals surface area contributed by atoms with Crippen molar-refractivity contribution in [2.45, 2.75) is 13.8 Å². The minimum atomic E-state index is -0.526. The third-order valence-electron chi connectivity index (χ3n) is 4.81. The van der Waals surface area contributed by atoms with Crippen molar-refractivity contribution in [2.24, 2.45) is 0 Å². The normalized spacial score (nSPS) is 10.4. The van der Waals surface area contributed by atoms with Gasteiger partial charge >= 0.3 is 0 Å². The van der Waals surface area contributed by atoms with E-state index in [0.717, 1.165) is 11.3 Å². The Morgan fingerprint density at radius 2 is 1.66 bits per heavy atom. The minimum Gasteiger partial charge on any atom is -0.320 e. The number of ketones is 1. The number of benzene rings is 2. The van der Waals surface area contributed by atoms with Gasteiger partial charge in [0.2, 0.25) is 5.78 Å². The van der Waals surface area contributed by atoms with E-state index in [1.165, 1.54) is 35.6 Å². The highest BCUT2D eigenvalue weighted by Crippen LogP contribution is 2.38. The number of non-ortho nitro benzene ring substituents is 1. The van der Waals surface area contributed by atoms with Crippen LogP contribution in [0.1, 0.15) is 36.9 Å². The van der Waals surface area contributed by atoms with Crippen LogP contribution in [0.25, 0.3) is 10.2 Å². The summed E-state index contributed by atoms with van der Waals surface area (Å²) in [5, 5.41) is 14.4. The molecule has 32 heavy (non-hydrogen) atoms. The Labute approximate surface area is 193 Å². The lowest BCUT2D eigenvalue weighted by atomic mass is 10.1. The van der Waals surface area contributed by atoms with Crippen molar-refractivity contribution in [3.63, 3.8) is 0 Å². The lowest BCUT2D eigenvalue weighted by Crippen LogP contribution is -2.14. The standard InChI is InChI=1S/C23H17N3O4S.ClH/c1-13-12-14(2)24-23-18(13)19(21(31-23)20(27)15-6-4-3-5-7-15)25-22(28)16-8-10-17(11-9-16)26(29)30;/h3-12H,1-2H3,(H,25,28);1H. The Morgan fingerprint density at radius 1 is 1.00 bits per heavy atom. The second kappa shape index (κ2) is 9.25. The highest BCUT2D eigenvalue weighted by molar-refractivity contribution is 7.21. The molecule has 0 radical (unpaired) electrons. The molecule has 0 atom stereocenters. The van der Waals surface area contributed by atoms with Gasteiger partial charge in [-0.1, -0.05) is 30.3 Å². The molecule has 0 aliphatic carbocycles. The number of nitrogens with one attached hydrogen (secondary N) is 1. The predicted molar refractivity (Wildman–Crippen MR) is 127 cm³/mol. The fraction of sp³-hybridized carbons (Fsp3) is 0.0870. The molecule has 0 saturated heterocycles. The first-order valence-electron chi connectivity index (χ1n) is 9.41. The molecule has 7 nitrogen and oxygen atoms in total. The van der Waals surface area contributed by atoms with Gasteiger partial charge in [0.25, 0.3) is 11.6 Å². The molecule has 0 aliphatic rings. The van der Waals surface area contributed by atoms with Gasteiger partial charge in [-0.25, -0.2) is 4.98 Å². The number of hydrogen-bond donors (Lipinski definition) is 1. The van der Waals surface area contributed by atoms with Crippen LogP contribution >= 0.6 is 23.7 Å². The number of thiophene rings is 1. The maximum atomic E-state index is 13.2. The smallest absolute Gasteiger partial charge is 0.269 e. The molecular formula is C23H18ClN3O4S. The number of aryl methyl sites for hydroxylation is 2. The molecule has 4 rings (SSSR count). The summed E-state index contributed by atoms with van der Waals surface area (Å²) in [4.78, 5) is 42.1. The number of hydrogen-bond acceptors (Lipinski definition) is 6. The molecule has 2 aromatic carbocycles. The SMILES string of the molecule is Cc1cc(C)c2c(NC(=O)c3ccc([N+](=O)[O-])cc3)c(C(=O)c3ccccc3)sc2n1.Cl. The number of pyridine rings is 1. The van der Waals surface area contributed by atoms with E-state index in [1.54, 1.807) is 24.3 Å². The molecule has 162 valence electrons. The minimum absolute atomic E-state index is 0. The number of nitro benzene ring substituents is 1. The highest BCUT2D eigenvalue weighted by Gasteiger charge is 2.24. The van der Waals surface area contributed by atoms with Gasteiger partial charge in [0.1, 0.15) is 9.71 Å². The lowest BCUT2D eigenvalue weighted by Gasteiger charge is -2.09. The van der Waals surface area contributed by atoms with E-state index in [9.17, 15) is 19.7 Å². The van der Waals surface area contributed by atoms with Crippen molar-refractivity contribution in [2.75, 3.05) is 5.32 Å². The Bertz CT molecular complexity index is 1340. The summed E-state index contributed by atoms with van der Waals surface area (Å²) in [6, 6.07) is 16.0. The molecule has 2 heterocycles. The van der Waals surface area contributed by atoms with Crippen LogP contribution < -0.4 is 5.32 Å². The molecule has 0 spiro atoms. The molecule has 9 heteroatoms. The van der Waals surface area contributed by atoms with Gasteiger partial charge in [-0.3, -0.25) is 19.7 Å². The number of anilines is 1. The average Bonchev–Trinajstić information content (AvgIpc) is 3.12. The second-order valence-electron chi connectivity index (χ2n) is 7.02. The van der Waals surface area contributed by atoms with Crippen LogP contribution in [0.5, 0.6) is 0 Å². The van der Waals surface area contributed by atoms with Crippen LogP contribution in [0.2, 0.25) is 0 Å². The number of aromatic nitrogens is 1. The number of nitro groups is 1. The van der Waals surface area contributed by atoms with E-state index in [2.05, 4.69) is 10.3 Å². The third kappa shape index (κ3) is 4.37. The van der Waals surface area contributed by atoms with E-state index in [-0.39, 0.29) is 29.4 Å². The number of amides is 1. The van der Waals surface area contributed by atoms with Gasteiger partial charge in [-0.2, -0.15) is 0 Å². The summed E-state index contributed by atoms with van der Waals surface area (Å²) >= 11 is 1.23. The molecule has 1 N–H and O–H groups in total. The summed E-state index contributed by atoms with van der Waals surface area (Å²) in [5.74, 6) is -0.670. The van der Waals surface area contributed by atoms with E-state index >= 15 is 0 Å². The van der Waals surface area contributed by atoms with Crippen molar-refractivity contribution in [1.29, 1.82) is 0 Å². The van der Waals surface area contributed by atoms with Crippen molar-refractivity contribution >= 4 is 57.0 Å². The van der Waals surface area contributed by atoms with Gasteiger partial charge in [0.05, 0.1) is 10.6 Å². The van der Waals surface area contributed by atoms with Gasteiger partial charge < -0.3 is 5.32 Å². The van der Waals surface area contributed by atoms with Gasteiger partial charge in [-0.05, 0) is 37.6 Å². The van der Waals surface area contributed by atoms with Gasteiger partial charge in [-0.15, -0.1) is 23.7 Å². The third-order valence-corrected chi connectivity index (χ3v) is 5.89. The number of carbonyl (C=O) groups is 2. The number of nitrogens with zero attached hydrogens (tertiary/aromatic N) is 2. The van der Waals surface area contributed by atoms with Gasteiger partial charge in [0, 0.05) is 34.3 Å². The predicted octanol–water partition coefficient (Wildman–Crippen LogP) is 5.73. The zero-order valence-electron chi connectivity index (χ0n) is 17.1.